The fraction of sp³-hybridized carbons (Fsp3) is 0.478. The van der Waals surface area contributed by atoms with Gasteiger partial charge >= 0.3 is 0 Å². The van der Waals surface area contributed by atoms with Gasteiger partial charge in [0.15, 0.2) is 17.5 Å². The van der Waals surface area contributed by atoms with Crippen molar-refractivity contribution in [2.24, 2.45) is 4.99 Å². The molecule has 2 aromatic rings. The van der Waals surface area contributed by atoms with Crippen molar-refractivity contribution in [3.8, 4) is 11.5 Å². The summed E-state index contributed by atoms with van der Waals surface area (Å²) >= 11 is 0. The minimum Gasteiger partial charge on any atom is -0.490 e. The molecule has 0 unspecified atom stereocenters. The summed E-state index contributed by atoms with van der Waals surface area (Å²) in [4.78, 5) is 11.2. The van der Waals surface area contributed by atoms with Crippen LogP contribution in [0.1, 0.15) is 31.9 Å². The van der Waals surface area contributed by atoms with Gasteiger partial charge in [-0.1, -0.05) is 12.1 Å². The van der Waals surface area contributed by atoms with Crippen LogP contribution in [0.3, 0.4) is 0 Å². The summed E-state index contributed by atoms with van der Waals surface area (Å²) in [6.07, 6.45) is 2.66. The Hall–Kier alpha value is -2.23. The Kier molecular flexibility index (Phi) is 12.7. The number of nitrogens with zero attached hydrogens (tertiary/aromatic N) is 3. The Balaban J connectivity index is 0.00000480. The molecule has 0 aliphatic carbocycles. The second-order valence-electron chi connectivity index (χ2n) is 6.90. The Bertz CT molecular complexity index is 814. The molecule has 0 radical (unpaired) electrons. The first-order valence-electron chi connectivity index (χ1n) is 10.6. The van der Waals surface area contributed by atoms with E-state index < -0.39 is 0 Å². The van der Waals surface area contributed by atoms with Gasteiger partial charge in [-0.2, -0.15) is 0 Å². The van der Waals surface area contributed by atoms with Crippen LogP contribution in [0.25, 0.3) is 0 Å². The van der Waals surface area contributed by atoms with E-state index >= 15 is 0 Å². The predicted molar refractivity (Wildman–Crippen MR) is 139 cm³/mol. The van der Waals surface area contributed by atoms with Gasteiger partial charge in [0.05, 0.1) is 19.8 Å². The van der Waals surface area contributed by atoms with E-state index in [1.165, 1.54) is 5.56 Å². The summed E-state index contributed by atoms with van der Waals surface area (Å²) < 4.78 is 11.4. The van der Waals surface area contributed by atoms with E-state index in [1.54, 1.807) is 6.20 Å². The number of halogens is 1. The minimum atomic E-state index is 0. The van der Waals surface area contributed by atoms with E-state index in [9.17, 15) is 0 Å². The molecule has 8 heteroatoms. The summed E-state index contributed by atoms with van der Waals surface area (Å²) in [6.45, 7) is 9.38. The number of hydrogen-bond donors (Lipinski definition) is 2. The zero-order valence-corrected chi connectivity index (χ0v) is 21.6. The summed E-state index contributed by atoms with van der Waals surface area (Å²) in [7, 11) is 3.98. The van der Waals surface area contributed by atoms with Crippen molar-refractivity contribution < 1.29 is 9.47 Å². The van der Waals surface area contributed by atoms with Gasteiger partial charge in [0.1, 0.15) is 5.82 Å². The molecule has 0 aliphatic heterocycles. The van der Waals surface area contributed by atoms with Crippen LogP contribution in [-0.2, 0) is 13.0 Å². The Morgan fingerprint density at radius 1 is 1.03 bits per heavy atom. The number of aromatic nitrogens is 1. The monoisotopic (exact) mass is 541 g/mol. The first-order chi connectivity index (χ1) is 14.6. The highest BCUT2D eigenvalue weighted by Gasteiger charge is 2.08. The lowest BCUT2D eigenvalue weighted by Gasteiger charge is -2.16. The van der Waals surface area contributed by atoms with Crippen LogP contribution in [0.4, 0.5) is 5.82 Å². The van der Waals surface area contributed by atoms with Gasteiger partial charge in [-0.3, -0.25) is 0 Å². The molecule has 2 rings (SSSR count). The van der Waals surface area contributed by atoms with E-state index in [-0.39, 0.29) is 24.0 Å². The standard InChI is InChI=1S/C23H35N5O2.HI/c1-6-24-23(27-17-19-10-9-14-25-22(19)28(4)5)26-15-13-18-11-12-20(29-7-2)21(16-18)30-8-3;/h9-12,14,16H,6-8,13,15,17H2,1-5H3,(H2,24,26,27);1H. The molecule has 1 aromatic heterocycles. The average Bonchev–Trinajstić information content (AvgIpc) is 2.74. The van der Waals surface area contributed by atoms with Crippen LogP contribution in [0.2, 0.25) is 0 Å². The number of aliphatic imine (C=N–C) groups is 1. The van der Waals surface area contributed by atoms with Gasteiger partial charge in [-0.05, 0) is 51.0 Å². The molecule has 7 nitrogen and oxygen atoms in total. The highest BCUT2D eigenvalue weighted by atomic mass is 127. The number of benzene rings is 1. The molecule has 0 bridgehead atoms. The average molecular weight is 541 g/mol. The van der Waals surface area contributed by atoms with Gasteiger partial charge in [-0.15, -0.1) is 24.0 Å². The van der Waals surface area contributed by atoms with E-state index in [2.05, 4.69) is 40.7 Å². The highest BCUT2D eigenvalue weighted by molar-refractivity contribution is 14.0. The fourth-order valence-corrected chi connectivity index (χ4v) is 3.04. The zero-order valence-electron chi connectivity index (χ0n) is 19.3. The van der Waals surface area contributed by atoms with Crippen LogP contribution in [0.15, 0.2) is 41.5 Å². The molecule has 2 N–H and O–H groups in total. The minimum absolute atomic E-state index is 0. The molecule has 0 saturated heterocycles. The maximum Gasteiger partial charge on any atom is 0.191 e. The summed E-state index contributed by atoms with van der Waals surface area (Å²) in [6, 6.07) is 10.1. The van der Waals surface area contributed by atoms with Crippen molar-refractivity contribution in [3.05, 3.63) is 47.7 Å². The molecule has 0 spiro atoms. The van der Waals surface area contributed by atoms with Gasteiger partial charge in [0.2, 0.25) is 0 Å². The van der Waals surface area contributed by atoms with E-state index in [4.69, 9.17) is 14.5 Å². The van der Waals surface area contributed by atoms with Crippen molar-refractivity contribution in [3.63, 3.8) is 0 Å². The normalized spacial score (nSPS) is 10.8. The number of guanidine groups is 1. The molecular formula is C23H36IN5O2. The molecule has 0 fully saturated rings. The second-order valence-corrected chi connectivity index (χ2v) is 6.90. The first-order valence-corrected chi connectivity index (χ1v) is 10.6. The lowest BCUT2D eigenvalue weighted by Crippen LogP contribution is -2.38. The Morgan fingerprint density at radius 2 is 1.77 bits per heavy atom. The van der Waals surface area contributed by atoms with Crippen molar-refractivity contribution in [2.45, 2.75) is 33.7 Å². The van der Waals surface area contributed by atoms with Gasteiger partial charge in [-0.25, -0.2) is 9.98 Å². The van der Waals surface area contributed by atoms with Crippen LogP contribution in [0.5, 0.6) is 11.5 Å². The van der Waals surface area contributed by atoms with Crippen molar-refractivity contribution in [1.82, 2.24) is 15.6 Å². The van der Waals surface area contributed by atoms with E-state index in [1.807, 2.05) is 45.0 Å². The predicted octanol–water partition coefficient (Wildman–Crippen LogP) is 3.86. The molecule has 31 heavy (non-hydrogen) atoms. The topological polar surface area (TPSA) is 71.0 Å². The summed E-state index contributed by atoms with van der Waals surface area (Å²) in [5.41, 5.74) is 2.28. The molecule has 1 aromatic carbocycles. The zero-order chi connectivity index (χ0) is 21.8. The number of rotatable bonds is 11. The summed E-state index contributed by atoms with van der Waals surface area (Å²) in [5, 5.41) is 6.72. The van der Waals surface area contributed by atoms with Gasteiger partial charge < -0.3 is 25.0 Å². The Morgan fingerprint density at radius 3 is 2.45 bits per heavy atom. The SMILES string of the molecule is CCNC(=NCc1cccnc1N(C)C)NCCc1ccc(OCC)c(OCC)c1.I. The molecular weight excluding hydrogens is 505 g/mol. The van der Waals surface area contributed by atoms with Crippen LogP contribution >= 0.6 is 24.0 Å². The summed E-state index contributed by atoms with van der Waals surface area (Å²) in [5.74, 6) is 3.32. The number of pyridine rings is 1. The smallest absolute Gasteiger partial charge is 0.191 e. The number of ether oxygens (including phenoxy) is 2. The number of hydrogen-bond acceptors (Lipinski definition) is 5. The lowest BCUT2D eigenvalue weighted by atomic mass is 10.1. The van der Waals surface area contributed by atoms with Crippen molar-refractivity contribution in [1.29, 1.82) is 0 Å². The molecule has 0 atom stereocenters. The highest BCUT2D eigenvalue weighted by Crippen LogP contribution is 2.28. The molecule has 1 heterocycles. The third kappa shape index (κ3) is 8.80. The lowest BCUT2D eigenvalue weighted by molar-refractivity contribution is 0.287. The fourth-order valence-electron chi connectivity index (χ4n) is 3.04. The number of nitrogens with one attached hydrogen (secondary N) is 2. The Labute approximate surface area is 203 Å². The molecule has 0 amide bonds. The van der Waals surface area contributed by atoms with Gasteiger partial charge in [0, 0.05) is 38.9 Å². The second kappa shape index (κ2) is 14.7. The first kappa shape index (κ1) is 26.8. The van der Waals surface area contributed by atoms with Crippen LogP contribution in [-0.4, -0.2) is 51.3 Å². The van der Waals surface area contributed by atoms with Crippen molar-refractivity contribution in [2.75, 3.05) is 45.3 Å². The van der Waals surface area contributed by atoms with Crippen LogP contribution in [0, 0.1) is 0 Å². The molecule has 0 saturated carbocycles. The molecule has 0 aliphatic rings. The van der Waals surface area contributed by atoms with Gasteiger partial charge in [0.25, 0.3) is 0 Å². The molecule has 172 valence electrons. The van der Waals surface area contributed by atoms with E-state index in [0.29, 0.717) is 19.8 Å². The maximum atomic E-state index is 5.72. The van der Waals surface area contributed by atoms with Crippen LogP contribution < -0.4 is 25.0 Å². The third-order valence-corrected chi connectivity index (χ3v) is 4.36. The van der Waals surface area contributed by atoms with E-state index in [0.717, 1.165) is 48.4 Å². The maximum absolute atomic E-state index is 5.72. The quantitative estimate of drug-likeness (QED) is 0.256. The largest absolute Gasteiger partial charge is 0.490 e. The number of anilines is 1. The van der Waals surface area contributed by atoms with Crippen molar-refractivity contribution >= 4 is 35.8 Å². The third-order valence-electron chi connectivity index (χ3n) is 4.36.